The highest BCUT2D eigenvalue weighted by atomic mass is 16.6. The molecule has 0 radical (unpaired) electrons. The van der Waals surface area contributed by atoms with Gasteiger partial charge in [-0.1, -0.05) is 30.3 Å². The summed E-state index contributed by atoms with van der Waals surface area (Å²) in [6, 6.07) is 15.4. The van der Waals surface area contributed by atoms with Crippen LogP contribution in [0.1, 0.15) is 5.69 Å². The molecule has 1 aromatic heterocycles. The number of nitrogens with one attached hydrogen (secondary N) is 1. The number of para-hydroxylation sites is 3. The summed E-state index contributed by atoms with van der Waals surface area (Å²) in [5.74, 6) is -1.22. The van der Waals surface area contributed by atoms with Gasteiger partial charge in [-0.15, -0.1) is 0 Å². The lowest BCUT2D eigenvalue weighted by atomic mass is 10.2. The van der Waals surface area contributed by atoms with Gasteiger partial charge in [0.25, 0.3) is 11.6 Å². The Morgan fingerprint density at radius 1 is 1.15 bits per heavy atom. The molecule has 1 N–H and O–H groups in total. The minimum absolute atomic E-state index is 0.0297. The van der Waals surface area contributed by atoms with E-state index in [0.717, 1.165) is 16.6 Å². The van der Waals surface area contributed by atoms with Crippen molar-refractivity contribution in [2.75, 3.05) is 11.9 Å². The summed E-state index contributed by atoms with van der Waals surface area (Å²) in [5, 5.41) is 14.3. The molecule has 1 heterocycles. The summed E-state index contributed by atoms with van der Waals surface area (Å²) in [4.78, 5) is 34.4. The molecule has 0 aliphatic rings. The van der Waals surface area contributed by atoms with E-state index in [1.54, 1.807) is 10.6 Å². The number of anilines is 1. The van der Waals surface area contributed by atoms with Crippen LogP contribution in [0.4, 0.5) is 11.4 Å². The fraction of sp³-hybridized carbons (Fsp3) is 0.158. The molecule has 0 spiro atoms. The lowest BCUT2D eigenvalue weighted by Crippen LogP contribution is -2.23. The van der Waals surface area contributed by atoms with Crippen LogP contribution in [0.2, 0.25) is 0 Å². The Balaban J connectivity index is 1.60. The fourth-order valence-electron chi connectivity index (χ4n) is 2.80. The second kappa shape index (κ2) is 7.69. The largest absolute Gasteiger partial charge is 0.454 e. The van der Waals surface area contributed by atoms with Crippen molar-refractivity contribution in [2.24, 2.45) is 0 Å². The average Bonchev–Trinajstić information content (AvgIpc) is 2.96. The lowest BCUT2D eigenvalue weighted by molar-refractivity contribution is -0.383. The summed E-state index contributed by atoms with van der Waals surface area (Å²) in [7, 11) is 0. The third-order valence-electron chi connectivity index (χ3n) is 4.04. The Hall–Kier alpha value is -3.68. The van der Waals surface area contributed by atoms with Crippen LogP contribution in [0, 0.1) is 17.0 Å². The highest BCUT2D eigenvalue weighted by molar-refractivity contribution is 5.94. The minimum atomic E-state index is -0.647. The quantitative estimate of drug-likeness (QED) is 0.410. The van der Waals surface area contributed by atoms with Crippen molar-refractivity contribution in [2.45, 2.75) is 13.5 Å². The number of nitrogens with zero attached hydrogens (tertiary/aromatic N) is 2. The Kier molecular flexibility index (Phi) is 5.16. The molecule has 1 amide bonds. The summed E-state index contributed by atoms with van der Waals surface area (Å²) in [6.07, 6.45) is 0. The summed E-state index contributed by atoms with van der Waals surface area (Å²) in [5.41, 5.74) is 1.62. The molecule has 0 unspecified atom stereocenters. The molecule has 0 saturated heterocycles. The number of hydrogen-bond acceptors (Lipinski definition) is 5. The van der Waals surface area contributed by atoms with E-state index in [1.807, 2.05) is 37.3 Å². The first-order chi connectivity index (χ1) is 13.0. The Labute approximate surface area is 154 Å². The predicted molar refractivity (Wildman–Crippen MR) is 99.4 cm³/mol. The second-order valence-electron chi connectivity index (χ2n) is 5.91. The van der Waals surface area contributed by atoms with Crippen molar-refractivity contribution in [3.8, 4) is 0 Å². The number of aromatic nitrogens is 1. The maximum Gasteiger partial charge on any atom is 0.326 e. The molecule has 3 rings (SSSR count). The molecule has 27 heavy (non-hydrogen) atoms. The molecule has 3 aromatic rings. The van der Waals surface area contributed by atoms with Crippen molar-refractivity contribution >= 4 is 34.2 Å². The Morgan fingerprint density at radius 3 is 2.63 bits per heavy atom. The number of rotatable bonds is 6. The van der Waals surface area contributed by atoms with Gasteiger partial charge in [0, 0.05) is 17.3 Å². The van der Waals surface area contributed by atoms with Gasteiger partial charge in [0.1, 0.15) is 12.2 Å². The van der Waals surface area contributed by atoms with Gasteiger partial charge in [-0.3, -0.25) is 19.7 Å². The van der Waals surface area contributed by atoms with E-state index in [1.165, 1.54) is 18.2 Å². The SMILES string of the molecule is Cc1cc2ccccc2n1CC(=O)OCC(=O)Nc1ccccc1[N+](=O)[O-]. The van der Waals surface area contributed by atoms with E-state index >= 15 is 0 Å². The number of ether oxygens (including phenoxy) is 1. The van der Waals surface area contributed by atoms with Crippen LogP contribution >= 0.6 is 0 Å². The molecule has 8 heteroatoms. The van der Waals surface area contributed by atoms with Gasteiger partial charge in [-0.2, -0.15) is 0 Å². The average molecular weight is 367 g/mol. The maximum atomic E-state index is 12.1. The van der Waals surface area contributed by atoms with Gasteiger partial charge in [0.15, 0.2) is 6.61 Å². The first kappa shape index (κ1) is 18.1. The number of nitro groups is 1. The smallest absolute Gasteiger partial charge is 0.326 e. The number of hydrogen-bond donors (Lipinski definition) is 1. The molecular formula is C19H17N3O5. The summed E-state index contributed by atoms with van der Waals surface area (Å²) in [6.45, 7) is 1.33. The number of fused-ring (bicyclic) bond motifs is 1. The fourth-order valence-corrected chi connectivity index (χ4v) is 2.80. The molecule has 0 aliphatic heterocycles. The maximum absolute atomic E-state index is 12.1. The van der Waals surface area contributed by atoms with Crippen molar-refractivity contribution in [3.05, 3.63) is 70.4 Å². The number of nitro benzene ring substituents is 1. The molecular weight excluding hydrogens is 350 g/mol. The van der Waals surface area contributed by atoms with Crippen molar-refractivity contribution in [1.29, 1.82) is 0 Å². The van der Waals surface area contributed by atoms with Gasteiger partial charge in [-0.25, -0.2) is 0 Å². The zero-order valence-corrected chi connectivity index (χ0v) is 14.5. The molecule has 0 saturated carbocycles. The molecule has 0 bridgehead atoms. The third kappa shape index (κ3) is 4.12. The molecule has 138 valence electrons. The summed E-state index contributed by atoms with van der Waals surface area (Å²) < 4.78 is 6.82. The highest BCUT2D eigenvalue weighted by Crippen LogP contribution is 2.23. The van der Waals surface area contributed by atoms with Crippen molar-refractivity contribution < 1.29 is 19.2 Å². The van der Waals surface area contributed by atoms with Crippen LogP contribution in [0.15, 0.2) is 54.6 Å². The topological polar surface area (TPSA) is 103 Å². The lowest BCUT2D eigenvalue weighted by Gasteiger charge is -2.09. The monoisotopic (exact) mass is 367 g/mol. The minimum Gasteiger partial charge on any atom is -0.454 e. The van der Waals surface area contributed by atoms with Gasteiger partial charge >= 0.3 is 5.97 Å². The molecule has 2 aromatic carbocycles. The number of aryl methyl sites for hydroxylation is 1. The number of carbonyl (C=O) groups is 2. The van der Waals surface area contributed by atoms with Gasteiger partial charge in [-0.05, 0) is 30.5 Å². The van der Waals surface area contributed by atoms with Crippen LogP contribution in [0.5, 0.6) is 0 Å². The van der Waals surface area contributed by atoms with Crippen LogP contribution in [-0.2, 0) is 20.9 Å². The van der Waals surface area contributed by atoms with Crippen LogP contribution < -0.4 is 5.32 Å². The first-order valence-electron chi connectivity index (χ1n) is 8.19. The van der Waals surface area contributed by atoms with E-state index in [9.17, 15) is 19.7 Å². The first-order valence-corrected chi connectivity index (χ1v) is 8.19. The standard InChI is InChI=1S/C19H17N3O5/c1-13-10-14-6-2-4-8-16(14)21(13)11-19(24)27-12-18(23)20-15-7-3-5-9-17(15)22(25)26/h2-10H,11-12H2,1H3,(H,20,23). The molecule has 0 aliphatic carbocycles. The molecule has 0 fully saturated rings. The molecule has 8 nitrogen and oxygen atoms in total. The Morgan fingerprint density at radius 2 is 1.85 bits per heavy atom. The van der Waals surface area contributed by atoms with Gasteiger partial charge < -0.3 is 14.6 Å². The number of carbonyl (C=O) groups excluding carboxylic acids is 2. The second-order valence-corrected chi connectivity index (χ2v) is 5.91. The van der Waals surface area contributed by atoms with Crippen LogP contribution in [0.3, 0.4) is 0 Å². The normalized spacial score (nSPS) is 10.6. The zero-order valence-electron chi connectivity index (χ0n) is 14.5. The molecule has 0 atom stereocenters. The zero-order chi connectivity index (χ0) is 19.4. The van der Waals surface area contributed by atoms with Crippen LogP contribution in [-0.4, -0.2) is 28.0 Å². The summed E-state index contributed by atoms with van der Waals surface area (Å²) >= 11 is 0. The number of esters is 1. The van der Waals surface area contributed by atoms with E-state index < -0.39 is 23.4 Å². The predicted octanol–water partition coefficient (Wildman–Crippen LogP) is 3.04. The third-order valence-corrected chi connectivity index (χ3v) is 4.04. The Bertz CT molecular complexity index is 1030. The van der Waals surface area contributed by atoms with Gasteiger partial charge in [0.2, 0.25) is 0 Å². The van der Waals surface area contributed by atoms with Crippen molar-refractivity contribution in [3.63, 3.8) is 0 Å². The van der Waals surface area contributed by atoms with E-state index in [2.05, 4.69) is 5.32 Å². The van der Waals surface area contributed by atoms with Crippen LogP contribution in [0.25, 0.3) is 10.9 Å². The van der Waals surface area contributed by atoms with Crippen molar-refractivity contribution in [1.82, 2.24) is 4.57 Å². The highest BCUT2D eigenvalue weighted by Gasteiger charge is 2.16. The van der Waals surface area contributed by atoms with E-state index in [0.29, 0.717) is 0 Å². The number of benzene rings is 2. The van der Waals surface area contributed by atoms with Gasteiger partial charge in [0.05, 0.1) is 4.92 Å². The van der Waals surface area contributed by atoms with E-state index in [4.69, 9.17) is 4.74 Å². The number of amides is 1. The van der Waals surface area contributed by atoms with E-state index in [-0.39, 0.29) is 17.9 Å².